The van der Waals surface area contributed by atoms with E-state index < -0.39 is 13.5 Å². The molecule has 0 rings (SSSR count). The second-order valence-corrected chi connectivity index (χ2v) is 2.63. The minimum Gasteiger partial charge on any atom is -0.402 e. The molecule has 0 saturated carbocycles. The van der Waals surface area contributed by atoms with E-state index in [0.717, 1.165) is 0 Å². The predicted molar refractivity (Wildman–Crippen MR) is 38.7 cm³/mol. The monoisotopic (exact) mass is 147 g/mol. The summed E-state index contributed by atoms with van der Waals surface area (Å²) in [7, 11) is -1.76. The Morgan fingerprint density at radius 2 is 2.00 bits per heavy atom. The number of nitrogens with two attached hydrogens (primary N) is 1. The Kier molecular flexibility index (Phi) is 4.63. The van der Waals surface area contributed by atoms with Gasteiger partial charge in [-0.2, -0.15) is 0 Å². The molecule has 0 aromatic carbocycles. The first-order valence-electron chi connectivity index (χ1n) is 3.29. The predicted octanol–water partition coefficient (Wildman–Crippen LogP) is -0.697. The molecule has 60 valence electrons. The van der Waals surface area contributed by atoms with E-state index in [9.17, 15) is 0 Å². The maximum Gasteiger partial charge on any atom is 0.635 e. The highest BCUT2D eigenvalue weighted by Crippen LogP contribution is 2.03. The van der Waals surface area contributed by atoms with Gasteiger partial charge in [0, 0.05) is 0 Å². The first-order chi connectivity index (χ1) is 4.52. The Labute approximate surface area is 61.2 Å². The van der Waals surface area contributed by atoms with E-state index in [-0.39, 0.29) is 0 Å². The smallest absolute Gasteiger partial charge is 0.402 e. The minimum absolute atomic E-state index is 0.397. The van der Waals surface area contributed by atoms with Gasteiger partial charge in [0.15, 0.2) is 0 Å². The molecule has 0 aliphatic heterocycles. The summed E-state index contributed by atoms with van der Waals surface area (Å²) >= 11 is 0. The summed E-state index contributed by atoms with van der Waals surface area (Å²) in [5.41, 5.74) is 5.33. The van der Waals surface area contributed by atoms with E-state index in [4.69, 9.17) is 15.8 Å². The van der Waals surface area contributed by atoms with Gasteiger partial charge in [0.05, 0.1) is 6.23 Å². The zero-order chi connectivity index (χ0) is 8.15. The maximum absolute atomic E-state index is 8.29. The molecule has 0 aliphatic carbocycles. The Morgan fingerprint density at radius 3 is 2.30 bits per heavy atom. The van der Waals surface area contributed by atoms with Crippen LogP contribution in [0.5, 0.6) is 0 Å². The van der Waals surface area contributed by atoms with Gasteiger partial charge in [-0.05, 0) is 12.3 Å². The quantitative estimate of drug-likeness (QED) is 0.363. The SMILES string of the molecule is CC(C)CC(N)OB(O)O. The first kappa shape index (κ1) is 9.90. The topological polar surface area (TPSA) is 75.7 Å². The van der Waals surface area contributed by atoms with Gasteiger partial charge in [-0.15, -0.1) is 0 Å². The van der Waals surface area contributed by atoms with Gasteiger partial charge >= 0.3 is 7.32 Å². The molecule has 4 nitrogen and oxygen atoms in total. The van der Waals surface area contributed by atoms with Crippen LogP contribution < -0.4 is 5.73 Å². The van der Waals surface area contributed by atoms with E-state index >= 15 is 0 Å². The lowest BCUT2D eigenvalue weighted by atomic mass is 10.1. The summed E-state index contributed by atoms with van der Waals surface area (Å²) in [6, 6.07) is 0. The fraction of sp³-hybridized carbons (Fsp3) is 1.00. The Bertz CT molecular complexity index is 79.0. The van der Waals surface area contributed by atoms with Crippen LogP contribution in [0.1, 0.15) is 20.3 Å². The van der Waals surface area contributed by atoms with Crippen LogP contribution in [0.15, 0.2) is 0 Å². The molecule has 5 heteroatoms. The third-order valence-electron chi connectivity index (χ3n) is 1.00. The Balaban J connectivity index is 3.34. The van der Waals surface area contributed by atoms with E-state index in [0.29, 0.717) is 12.3 Å². The standard InChI is InChI=1S/C5H14BNO3/c1-4(2)3-5(7)10-6(8)9/h4-5,8-9H,3,7H2,1-2H3. The summed E-state index contributed by atoms with van der Waals surface area (Å²) in [6.45, 7) is 3.96. The van der Waals surface area contributed by atoms with Gasteiger partial charge in [0.25, 0.3) is 0 Å². The molecule has 0 heterocycles. The summed E-state index contributed by atoms with van der Waals surface area (Å²) in [5, 5.41) is 16.6. The molecule has 10 heavy (non-hydrogen) atoms. The van der Waals surface area contributed by atoms with Crippen molar-refractivity contribution in [1.82, 2.24) is 0 Å². The van der Waals surface area contributed by atoms with Crippen LogP contribution in [-0.4, -0.2) is 23.6 Å². The van der Waals surface area contributed by atoms with Crippen molar-refractivity contribution >= 4 is 7.32 Å². The lowest BCUT2D eigenvalue weighted by Gasteiger charge is -2.13. The van der Waals surface area contributed by atoms with Crippen molar-refractivity contribution in [3.05, 3.63) is 0 Å². The van der Waals surface area contributed by atoms with E-state index in [1.165, 1.54) is 0 Å². The minimum atomic E-state index is -1.76. The van der Waals surface area contributed by atoms with Crippen molar-refractivity contribution in [2.75, 3.05) is 0 Å². The van der Waals surface area contributed by atoms with Gasteiger partial charge < -0.3 is 20.4 Å². The lowest BCUT2D eigenvalue weighted by Crippen LogP contribution is -2.33. The highest BCUT2D eigenvalue weighted by molar-refractivity contribution is 6.32. The molecule has 0 spiro atoms. The molecule has 0 bridgehead atoms. The molecule has 1 unspecified atom stereocenters. The fourth-order valence-electron chi connectivity index (χ4n) is 0.677. The van der Waals surface area contributed by atoms with Crippen LogP contribution in [0.2, 0.25) is 0 Å². The van der Waals surface area contributed by atoms with E-state index in [2.05, 4.69) is 4.65 Å². The van der Waals surface area contributed by atoms with Crippen molar-refractivity contribution < 1.29 is 14.7 Å². The van der Waals surface area contributed by atoms with E-state index in [1.54, 1.807) is 0 Å². The third kappa shape index (κ3) is 6.03. The zero-order valence-electron chi connectivity index (χ0n) is 6.32. The molecule has 4 N–H and O–H groups in total. The first-order valence-corrected chi connectivity index (χ1v) is 3.29. The summed E-state index contributed by atoms with van der Waals surface area (Å²) in [6.07, 6.45) is 0.0393. The van der Waals surface area contributed by atoms with Gasteiger partial charge in [0.2, 0.25) is 0 Å². The van der Waals surface area contributed by atoms with Crippen molar-refractivity contribution in [2.24, 2.45) is 11.7 Å². The fourth-order valence-corrected chi connectivity index (χ4v) is 0.677. The number of rotatable bonds is 4. The Morgan fingerprint density at radius 1 is 1.50 bits per heavy atom. The van der Waals surface area contributed by atoms with Crippen LogP contribution in [0.3, 0.4) is 0 Å². The van der Waals surface area contributed by atoms with Crippen molar-refractivity contribution in [1.29, 1.82) is 0 Å². The third-order valence-corrected chi connectivity index (χ3v) is 1.00. The Hall–Kier alpha value is -0.0951. The molecular formula is C5H14BNO3. The molecule has 0 aromatic heterocycles. The van der Waals surface area contributed by atoms with Crippen LogP contribution in [0, 0.1) is 5.92 Å². The second kappa shape index (κ2) is 4.68. The summed E-state index contributed by atoms with van der Waals surface area (Å²) < 4.78 is 4.45. The number of hydrogen-bond donors (Lipinski definition) is 3. The molecule has 1 atom stereocenters. The molecule has 0 radical (unpaired) electrons. The van der Waals surface area contributed by atoms with Gasteiger partial charge in [-0.1, -0.05) is 13.8 Å². The normalized spacial score (nSPS) is 13.8. The average Bonchev–Trinajstić information content (AvgIpc) is 1.58. The highest BCUT2D eigenvalue weighted by Gasteiger charge is 2.14. The molecule has 0 aliphatic rings. The van der Waals surface area contributed by atoms with Crippen LogP contribution in [0.25, 0.3) is 0 Å². The average molecular weight is 147 g/mol. The van der Waals surface area contributed by atoms with Crippen molar-refractivity contribution in [3.8, 4) is 0 Å². The molecule has 0 fully saturated rings. The second-order valence-electron chi connectivity index (χ2n) is 2.63. The van der Waals surface area contributed by atoms with Gasteiger partial charge in [-0.25, -0.2) is 0 Å². The van der Waals surface area contributed by atoms with E-state index in [1.807, 2.05) is 13.8 Å². The highest BCUT2D eigenvalue weighted by atomic mass is 16.6. The lowest BCUT2D eigenvalue weighted by molar-refractivity contribution is 0.107. The molecule has 0 saturated heterocycles. The van der Waals surface area contributed by atoms with Gasteiger partial charge in [-0.3, -0.25) is 0 Å². The zero-order valence-corrected chi connectivity index (χ0v) is 6.32. The molecule has 0 aromatic rings. The van der Waals surface area contributed by atoms with Crippen LogP contribution >= 0.6 is 0 Å². The van der Waals surface area contributed by atoms with Crippen LogP contribution in [-0.2, 0) is 4.65 Å². The van der Waals surface area contributed by atoms with Gasteiger partial charge in [0.1, 0.15) is 0 Å². The number of hydrogen-bond acceptors (Lipinski definition) is 4. The summed E-state index contributed by atoms with van der Waals surface area (Å²) in [4.78, 5) is 0. The largest absolute Gasteiger partial charge is 0.635 e. The molecule has 0 amide bonds. The molecular weight excluding hydrogens is 133 g/mol. The van der Waals surface area contributed by atoms with Crippen LogP contribution in [0.4, 0.5) is 0 Å². The van der Waals surface area contributed by atoms with Crippen molar-refractivity contribution in [3.63, 3.8) is 0 Å². The summed E-state index contributed by atoms with van der Waals surface area (Å²) in [5.74, 6) is 0.397. The van der Waals surface area contributed by atoms with Crippen molar-refractivity contribution in [2.45, 2.75) is 26.5 Å². The maximum atomic E-state index is 8.29.